The predicted octanol–water partition coefficient (Wildman–Crippen LogP) is 2.42. The number of amides is 1. The zero-order valence-electron chi connectivity index (χ0n) is 11.9. The predicted molar refractivity (Wildman–Crippen MR) is 83.2 cm³/mol. The van der Waals surface area contributed by atoms with Crippen molar-refractivity contribution < 1.29 is 4.79 Å². The molecular formula is C16H23ClN2O. The quantitative estimate of drug-likeness (QED) is 0.908. The zero-order chi connectivity index (χ0) is 13.2. The summed E-state index contributed by atoms with van der Waals surface area (Å²) in [4.78, 5) is 14.6. The van der Waals surface area contributed by atoms with Crippen molar-refractivity contribution >= 4 is 18.3 Å². The maximum atomic E-state index is 12.5. The molecule has 20 heavy (non-hydrogen) atoms. The number of likely N-dealkylation sites (tertiary alicyclic amines) is 1. The summed E-state index contributed by atoms with van der Waals surface area (Å²) >= 11 is 0. The number of carbonyl (C=O) groups excluding carboxylic acids is 1. The molecule has 2 aliphatic heterocycles. The van der Waals surface area contributed by atoms with Crippen molar-refractivity contribution in [2.75, 3.05) is 19.6 Å². The molecule has 0 aromatic heterocycles. The Kier molecular flexibility index (Phi) is 5.06. The molecule has 2 aliphatic rings. The number of halogens is 1. The van der Waals surface area contributed by atoms with Crippen LogP contribution in [0.25, 0.3) is 0 Å². The monoisotopic (exact) mass is 294 g/mol. The summed E-state index contributed by atoms with van der Waals surface area (Å²) in [6.45, 7) is 4.96. The lowest BCUT2D eigenvalue weighted by molar-refractivity contribution is -0.135. The Morgan fingerprint density at radius 2 is 2.00 bits per heavy atom. The molecule has 3 atom stereocenters. The summed E-state index contributed by atoms with van der Waals surface area (Å²) in [6, 6.07) is 10.9. The van der Waals surface area contributed by atoms with Crippen molar-refractivity contribution in [3.05, 3.63) is 35.9 Å². The van der Waals surface area contributed by atoms with Crippen molar-refractivity contribution in [1.82, 2.24) is 10.2 Å². The van der Waals surface area contributed by atoms with Gasteiger partial charge in [-0.15, -0.1) is 12.4 Å². The lowest BCUT2D eigenvalue weighted by Crippen LogP contribution is -2.40. The first-order chi connectivity index (χ1) is 9.27. The largest absolute Gasteiger partial charge is 0.339 e. The van der Waals surface area contributed by atoms with Gasteiger partial charge in [0.25, 0.3) is 0 Å². The third-order valence-electron chi connectivity index (χ3n) is 4.68. The third kappa shape index (κ3) is 2.84. The topological polar surface area (TPSA) is 32.3 Å². The fourth-order valence-corrected chi connectivity index (χ4v) is 3.50. The summed E-state index contributed by atoms with van der Waals surface area (Å²) in [5.41, 5.74) is 1.37. The molecule has 2 heterocycles. The molecule has 110 valence electrons. The maximum Gasteiger partial charge on any atom is 0.227 e. The summed E-state index contributed by atoms with van der Waals surface area (Å²) in [5.74, 6) is 1.06. The second-order valence-corrected chi connectivity index (χ2v) is 5.77. The van der Waals surface area contributed by atoms with Crippen LogP contribution in [0, 0.1) is 5.92 Å². The summed E-state index contributed by atoms with van der Waals surface area (Å²) in [6.07, 6.45) is 2.09. The van der Waals surface area contributed by atoms with Gasteiger partial charge in [-0.1, -0.05) is 30.3 Å². The lowest BCUT2D eigenvalue weighted by Gasteiger charge is -2.27. The van der Waals surface area contributed by atoms with Crippen LogP contribution in [0.1, 0.15) is 31.2 Å². The fourth-order valence-electron chi connectivity index (χ4n) is 3.50. The smallest absolute Gasteiger partial charge is 0.227 e. The van der Waals surface area contributed by atoms with E-state index in [0.717, 1.165) is 32.5 Å². The minimum absolute atomic E-state index is 0. The minimum Gasteiger partial charge on any atom is -0.339 e. The minimum atomic E-state index is 0. The van der Waals surface area contributed by atoms with E-state index in [0.29, 0.717) is 17.9 Å². The van der Waals surface area contributed by atoms with Gasteiger partial charge in [0, 0.05) is 25.0 Å². The number of hydrogen-bond acceptors (Lipinski definition) is 2. The average molecular weight is 295 g/mol. The summed E-state index contributed by atoms with van der Waals surface area (Å²) in [7, 11) is 0. The molecule has 1 aromatic carbocycles. The Hall–Kier alpha value is -1.06. The van der Waals surface area contributed by atoms with Crippen LogP contribution in [0.4, 0.5) is 0 Å². The molecule has 1 N–H and O–H groups in total. The van der Waals surface area contributed by atoms with Crippen LogP contribution < -0.4 is 5.32 Å². The van der Waals surface area contributed by atoms with E-state index >= 15 is 0 Å². The zero-order valence-corrected chi connectivity index (χ0v) is 12.7. The number of rotatable bonds is 2. The molecule has 0 saturated carbocycles. The van der Waals surface area contributed by atoms with E-state index in [-0.39, 0.29) is 18.3 Å². The Balaban J connectivity index is 0.00000147. The van der Waals surface area contributed by atoms with Gasteiger partial charge in [-0.2, -0.15) is 0 Å². The Labute approximate surface area is 127 Å². The Morgan fingerprint density at radius 1 is 1.25 bits per heavy atom. The molecule has 0 aliphatic carbocycles. The van der Waals surface area contributed by atoms with Gasteiger partial charge in [0.1, 0.15) is 0 Å². The number of benzene rings is 1. The van der Waals surface area contributed by atoms with E-state index in [1.807, 2.05) is 0 Å². The standard InChI is InChI=1S/C16H22N2O.ClH/c1-12-15(13-5-3-2-4-6-13)8-10-18(12)16(19)14-7-9-17-11-14;/h2-6,12,14-15,17H,7-11H2,1H3;1H. The maximum absolute atomic E-state index is 12.5. The van der Waals surface area contributed by atoms with Crippen LogP contribution in [-0.2, 0) is 4.79 Å². The Bertz CT molecular complexity index is 445. The second kappa shape index (κ2) is 6.59. The van der Waals surface area contributed by atoms with E-state index < -0.39 is 0 Å². The SMILES string of the molecule is CC1C(c2ccccc2)CCN1C(=O)C1CCNC1.Cl. The van der Waals surface area contributed by atoms with Crippen molar-refractivity contribution in [1.29, 1.82) is 0 Å². The highest BCUT2D eigenvalue weighted by Gasteiger charge is 2.37. The normalized spacial score (nSPS) is 29.2. The van der Waals surface area contributed by atoms with Gasteiger partial charge in [-0.25, -0.2) is 0 Å². The van der Waals surface area contributed by atoms with Gasteiger partial charge in [0.05, 0.1) is 5.92 Å². The van der Waals surface area contributed by atoms with Gasteiger partial charge in [0.2, 0.25) is 5.91 Å². The van der Waals surface area contributed by atoms with Crippen LogP contribution in [0.2, 0.25) is 0 Å². The van der Waals surface area contributed by atoms with Crippen LogP contribution >= 0.6 is 12.4 Å². The van der Waals surface area contributed by atoms with E-state index in [1.165, 1.54) is 5.56 Å². The van der Waals surface area contributed by atoms with Crippen LogP contribution in [0.5, 0.6) is 0 Å². The van der Waals surface area contributed by atoms with Crippen LogP contribution in [-0.4, -0.2) is 36.5 Å². The number of nitrogens with zero attached hydrogens (tertiary/aromatic N) is 1. The molecule has 0 bridgehead atoms. The van der Waals surface area contributed by atoms with Gasteiger partial charge in [-0.05, 0) is 31.9 Å². The molecule has 4 heteroatoms. The summed E-state index contributed by atoms with van der Waals surface area (Å²) in [5, 5.41) is 3.29. The number of hydrogen-bond donors (Lipinski definition) is 1. The molecule has 3 nitrogen and oxygen atoms in total. The van der Waals surface area contributed by atoms with E-state index in [2.05, 4.69) is 47.5 Å². The van der Waals surface area contributed by atoms with Gasteiger partial charge in [0.15, 0.2) is 0 Å². The van der Waals surface area contributed by atoms with E-state index in [9.17, 15) is 4.79 Å². The van der Waals surface area contributed by atoms with Crippen molar-refractivity contribution in [3.63, 3.8) is 0 Å². The molecule has 0 radical (unpaired) electrons. The first kappa shape index (κ1) is 15.3. The van der Waals surface area contributed by atoms with Crippen molar-refractivity contribution in [3.8, 4) is 0 Å². The molecule has 1 aromatic rings. The molecule has 2 fully saturated rings. The molecular weight excluding hydrogens is 272 g/mol. The van der Waals surface area contributed by atoms with Crippen LogP contribution in [0.3, 0.4) is 0 Å². The first-order valence-corrected chi connectivity index (χ1v) is 7.33. The third-order valence-corrected chi connectivity index (χ3v) is 4.68. The lowest BCUT2D eigenvalue weighted by atomic mass is 9.92. The first-order valence-electron chi connectivity index (χ1n) is 7.33. The highest BCUT2D eigenvalue weighted by atomic mass is 35.5. The number of carbonyl (C=O) groups is 1. The second-order valence-electron chi connectivity index (χ2n) is 5.77. The van der Waals surface area contributed by atoms with Crippen LogP contribution in [0.15, 0.2) is 30.3 Å². The highest BCUT2D eigenvalue weighted by Crippen LogP contribution is 2.34. The Morgan fingerprint density at radius 3 is 2.65 bits per heavy atom. The average Bonchev–Trinajstić information content (AvgIpc) is 3.08. The van der Waals surface area contributed by atoms with Crippen molar-refractivity contribution in [2.45, 2.75) is 31.7 Å². The fraction of sp³-hybridized carbons (Fsp3) is 0.562. The number of nitrogens with one attached hydrogen (secondary N) is 1. The summed E-state index contributed by atoms with van der Waals surface area (Å²) < 4.78 is 0. The molecule has 0 spiro atoms. The van der Waals surface area contributed by atoms with Crippen molar-refractivity contribution in [2.24, 2.45) is 5.92 Å². The van der Waals surface area contributed by atoms with E-state index in [1.54, 1.807) is 0 Å². The molecule has 3 rings (SSSR count). The molecule has 2 saturated heterocycles. The highest BCUT2D eigenvalue weighted by molar-refractivity contribution is 5.85. The van der Waals surface area contributed by atoms with E-state index in [4.69, 9.17) is 0 Å². The molecule has 3 unspecified atom stereocenters. The molecule has 1 amide bonds. The van der Waals surface area contributed by atoms with Gasteiger partial charge in [-0.3, -0.25) is 4.79 Å². The van der Waals surface area contributed by atoms with Gasteiger partial charge < -0.3 is 10.2 Å². The van der Waals surface area contributed by atoms with Gasteiger partial charge >= 0.3 is 0 Å².